The highest BCUT2D eigenvalue weighted by Gasteiger charge is 2.29. The minimum Gasteiger partial charge on any atom is -0.473 e. The third-order valence-corrected chi connectivity index (χ3v) is 4.84. The number of aryl methyl sites for hydroxylation is 3. The number of aromatic nitrogens is 5. The number of ether oxygens (including phenoxy) is 1. The number of aliphatic hydroxyl groups excluding tert-OH is 1. The number of halogens is 2. The molecule has 1 aliphatic carbocycles. The number of aliphatic hydroxyl groups is 1. The molecule has 1 unspecified atom stereocenters. The Morgan fingerprint density at radius 2 is 1.97 bits per heavy atom. The summed E-state index contributed by atoms with van der Waals surface area (Å²) in [5.74, 6) is 0.743. The lowest BCUT2D eigenvalue weighted by atomic mass is 10.1. The zero-order chi connectivity index (χ0) is 21.4. The number of alkyl halides is 2. The Bertz CT molecular complexity index is 1110. The van der Waals surface area contributed by atoms with Crippen molar-refractivity contribution in [3.63, 3.8) is 0 Å². The van der Waals surface area contributed by atoms with E-state index in [0.717, 1.165) is 28.8 Å². The highest BCUT2D eigenvalue weighted by Crippen LogP contribution is 2.40. The Kier molecular flexibility index (Phi) is 5.29. The summed E-state index contributed by atoms with van der Waals surface area (Å²) in [6.07, 6.45) is 0.692. The smallest absolute Gasteiger partial charge is 0.269 e. The van der Waals surface area contributed by atoms with E-state index in [0.29, 0.717) is 23.6 Å². The third-order valence-electron chi connectivity index (χ3n) is 4.84. The molecular weight excluding hydrogens is 392 g/mol. The molecule has 0 amide bonds. The predicted molar refractivity (Wildman–Crippen MR) is 106 cm³/mol. The van der Waals surface area contributed by atoms with E-state index in [1.54, 1.807) is 20.2 Å². The van der Waals surface area contributed by atoms with Gasteiger partial charge in [0.2, 0.25) is 5.88 Å². The summed E-state index contributed by atoms with van der Waals surface area (Å²) in [7, 11) is 1.59. The summed E-state index contributed by atoms with van der Waals surface area (Å²) in [5.41, 5.74) is 4.83. The molecule has 3 heterocycles. The fourth-order valence-corrected chi connectivity index (χ4v) is 3.18. The zero-order valence-electron chi connectivity index (χ0n) is 16.8. The topological polar surface area (TPSA) is 86.0 Å². The molecule has 0 aliphatic heterocycles. The number of hydrogen-bond donors (Lipinski definition) is 1. The maximum atomic E-state index is 13.1. The molecule has 1 aliphatic rings. The Morgan fingerprint density at radius 1 is 1.17 bits per heavy atom. The molecule has 0 fully saturated rings. The van der Waals surface area contributed by atoms with Crippen LogP contribution >= 0.6 is 0 Å². The molecule has 1 N–H and O–H groups in total. The molecular formula is C21H21F2N5O2. The lowest BCUT2D eigenvalue weighted by molar-refractivity contribution is -0.00817. The van der Waals surface area contributed by atoms with Crippen molar-refractivity contribution >= 4 is 5.57 Å². The number of rotatable bonds is 7. The van der Waals surface area contributed by atoms with Crippen molar-refractivity contribution in [2.45, 2.75) is 32.8 Å². The van der Waals surface area contributed by atoms with E-state index in [2.05, 4.69) is 20.1 Å². The molecule has 3 aromatic rings. The van der Waals surface area contributed by atoms with Gasteiger partial charge in [0.1, 0.15) is 18.1 Å². The van der Waals surface area contributed by atoms with E-state index in [1.807, 2.05) is 25.3 Å². The van der Waals surface area contributed by atoms with Gasteiger partial charge >= 0.3 is 0 Å². The summed E-state index contributed by atoms with van der Waals surface area (Å²) in [6, 6.07) is 3.99. The first-order chi connectivity index (χ1) is 14.3. The molecule has 9 heteroatoms. The van der Waals surface area contributed by atoms with Gasteiger partial charge in [-0.2, -0.15) is 10.1 Å². The highest BCUT2D eigenvalue weighted by atomic mass is 19.3. The van der Waals surface area contributed by atoms with Crippen molar-refractivity contribution in [3.05, 3.63) is 59.1 Å². The van der Waals surface area contributed by atoms with Crippen molar-refractivity contribution in [1.82, 2.24) is 24.7 Å². The maximum absolute atomic E-state index is 13.1. The van der Waals surface area contributed by atoms with Crippen LogP contribution in [0.25, 0.3) is 16.7 Å². The third kappa shape index (κ3) is 4.06. The number of nitrogens with zero attached hydrogens (tertiary/aromatic N) is 5. The normalized spacial score (nSPS) is 14.4. The van der Waals surface area contributed by atoms with Gasteiger partial charge in [0.15, 0.2) is 6.10 Å². The molecule has 156 valence electrons. The Hall–Kier alpha value is -3.20. The van der Waals surface area contributed by atoms with Crippen molar-refractivity contribution in [2.24, 2.45) is 7.05 Å². The van der Waals surface area contributed by atoms with Crippen LogP contribution in [0.2, 0.25) is 0 Å². The molecule has 3 aromatic heterocycles. The van der Waals surface area contributed by atoms with Gasteiger partial charge < -0.3 is 9.84 Å². The molecule has 0 saturated carbocycles. The van der Waals surface area contributed by atoms with Crippen LogP contribution in [-0.4, -0.2) is 42.9 Å². The van der Waals surface area contributed by atoms with Crippen LogP contribution < -0.4 is 4.74 Å². The van der Waals surface area contributed by atoms with Gasteiger partial charge in [0.25, 0.3) is 6.43 Å². The molecule has 30 heavy (non-hydrogen) atoms. The van der Waals surface area contributed by atoms with Crippen molar-refractivity contribution in [3.8, 4) is 17.0 Å². The second-order valence-corrected chi connectivity index (χ2v) is 7.29. The van der Waals surface area contributed by atoms with Gasteiger partial charge in [-0.3, -0.25) is 9.67 Å². The lowest BCUT2D eigenvalue weighted by Gasteiger charge is -2.12. The Balaban J connectivity index is 1.61. The van der Waals surface area contributed by atoms with Crippen LogP contribution in [-0.2, 0) is 7.05 Å². The second-order valence-electron chi connectivity index (χ2n) is 7.29. The predicted octanol–water partition coefficient (Wildman–Crippen LogP) is 3.42. The van der Waals surface area contributed by atoms with Crippen LogP contribution in [0.3, 0.4) is 0 Å². The molecule has 1 atom stereocenters. The summed E-state index contributed by atoms with van der Waals surface area (Å²) >= 11 is 0. The molecule has 0 aromatic carbocycles. The fourth-order valence-electron chi connectivity index (χ4n) is 3.18. The molecule has 0 bridgehead atoms. The molecule has 0 spiro atoms. The van der Waals surface area contributed by atoms with Gasteiger partial charge in [-0.1, -0.05) is 6.07 Å². The van der Waals surface area contributed by atoms with Gasteiger partial charge in [-0.05, 0) is 43.0 Å². The molecule has 0 saturated heterocycles. The average Bonchev–Trinajstić information content (AvgIpc) is 3.39. The van der Waals surface area contributed by atoms with Gasteiger partial charge in [0.05, 0.1) is 11.3 Å². The van der Waals surface area contributed by atoms with Gasteiger partial charge in [0, 0.05) is 31.2 Å². The summed E-state index contributed by atoms with van der Waals surface area (Å²) in [6.45, 7) is 4.01. The van der Waals surface area contributed by atoms with E-state index in [4.69, 9.17) is 4.74 Å². The second kappa shape index (κ2) is 7.91. The summed E-state index contributed by atoms with van der Waals surface area (Å²) in [4.78, 5) is 12.9. The number of pyridine rings is 1. The monoisotopic (exact) mass is 413 g/mol. The average molecular weight is 413 g/mol. The highest BCUT2D eigenvalue weighted by molar-refractivity contribution is 5.81. The van der Waals surface area contributed by atoms with Crippen LogP contribution in [0.15, 0.2) is 36.3 Å². The minimum absolute atomic E-state index is 0.139. The minimum atomic E-state index is -2.96. The first-order valence-electron chi connectivity index (χ1n) is 9.44. The SMILES string of the molecule is Cc1ccc(C2=C(COc3nc(C)ncc3-c3cn(C)nc3C(O)C(F)F)C2)nc1. The van der Waals surface area contributed by atoms with Crippen molar-refractivity contribution < 1.29 is 18.6 Å². The standard InChI is InChI=1S/C21H21F2N5O2/c1-11-4-5-17(25-7-11)14-6-13(14)10-30-21-15(8-24-12(2)26-21)16-9-28(3)27-18(16)19(29)20(22)23/h4-5,7-9,19-20,29H,6,10H2,1-3H3. The quantitative estimate of drug-likeness (QED) is 0.639. The van der Waals surface area contributed by atoms with E-state index in [-0.39, 0.29) is 11.6 Å². The zero-order valence-corrected chi connectivity index (χ0v) is 16.8. The largest absolute Gasteiger partial charge is 0.473 e. The van der Waals surface area contributed by atoms with E-state index >= 15 is 0 Å². The Morgan fingerprint density at radius 3 is 2.67 bits per heavy atom. The first-order valence-corrected chi connectivity index (χ1v) is 9.44. The van der Waals surface area contributed by atoms with Crippen LogP contribution in [0, 0.1) is 13.8 Å². The fraction of sp³-hybridized carbons (Fsp3) is 0.333. The lowest BCUT2D eigenvalue weighted by Crippen LogP contribution is -2.11. The molecule has 0 radical (unpaired) electrons. The number of hydrogen-bond acceptors (Lipinski definition) is 6. The summed E-state index contributed by atoms with van der Waals surface area (Å²) < 4.78 is 33.5. The summed E-state index contributed by atoms with van der Waals surface area (Å²) in [5, 5.41) is 13.9. The maximum Gasteiger partial charge on any atom is 0.269 e. The van der Waals surface area contributed by atoms with Crippen molar-refractivity contribution in [2.75, 3.05) is 6.61 Å². The van der Waals surface area contributed by atoms with E-state index in [1.165, 1.54) is 10.9 Å². The number of allylic oxidation sites excluding steroid dienone is 1. The first kappa shape index (κ1) is 20.1. The molecule has 7 nitrogen and oxygen atoms in total. The van der Waals surface area contributed by atoms with Gasteiger partial charge in [-0.15, -0.1) is 0 Å². The Labute approximate surface area is 172 Å². The van der Waals surface area contributed by atoms with Crippen LogP contribution in [0.1, 0.15) is 35.3 Å². The van der Waals surface area contributed by atoms with Gasteiger partial charge in [-0.25, -0.2) is 13.8 Å². The van der Waals surface area contributed by atoms with E-state index < -0.39 is 12.5 Å². The van der Waals surface area contributed by atoms with Crippen LogP contribution in [0.5, 0.6) is 5.88 Å². The van der Waals surface area contributed by atoms with Crippen LogP contribution in [0.4, 0.5) is 8.78 Å². The molecule has 4 rings (SSSR count). The van der Waals surface area contributed by atoms with E-state index in [9.17, 15) is 13.9 Å². The van der Waals surface area contributed by atoms with Crippen molar-refractivity contribution in [1.29, 1.82) is 0 Å².